The number of amides is 1. The second kappa shape index (κ2) is 8.03. The van der Waals surface area contributed by atoms with Gasteiger partial charge in [-0.25, -0.2) is 0 Å². The molecule has 2 unspecified atom stereocenters. The number of nitrogens with zero attached hydrogens (tertiary/aromatic N) is 4. The summed E-state index contributed by atoms with van der Waals surface area (Å²) in [5.41, 5.74) is 3.29. The standard InChI is InChI=1S/C20H30N4O/c1-15-18(16(2)24(22-15)14-6-12-21)10-11-20(25)23-13-5-8-17-7-3-4-9-19(17)23/h17,19H,3-11,13-14H2,1-2H3. The Morgan fingerprint density at radius 2 is 2.00 bits per heavy atom. The molecule has 1 amide bonds. The third-order valence-electron chi connectivity index (χ3n) is 6.12. The predicted octanol–water partition coefficient (Wildman–Crippen LogP) is 3.53. The quantitative estimate of drug-likeness (QED) is 0.822. The van der Waals surface area contributed by atoms with E-state index >= 15 is 0 Å². The van der Waals surface area contributed by atoms with Gasteiger partial charge in [0.2, 0.25) is 5.91 Å². The molecule has 0 aromatic carbocycles. The first kappa shape index (κ1) is 18.0. The number of carbonyl (C=O) groups excluding carboxylic acids is 1. The smallest absolute Gasteiger partial charge is 0.223 e. The zero-order valence-electron chi connectivity index (χ0n) is 15.6. The van der Waals surface area contributed by atoms with E-state index in [0.717, 1.165) is 36.7 Å². The number of aryl methyl sites for hydroxylation is 2. The molecule has 2 fully saturated rings. The number of rotatable bonds is 5. The van der Waals surface area contributed by atoms with Crippen molar-refractivity contribution in [1.29, 1.82) is 5.26 Å². The Morgan fingerprint density at radius 1 is 1.24 bits per heavy atom. The summed E-state index contributed by atoms with van der Waals surface area (Å²) in [5, 5.41) is 13.3. The average Bonchev–Trinajstić information content (AvgIpc) is 2.90. The van der Waals surface area contributed by atoms with E-state index in [0.29, 0.717) is 31.3 Å². The van der Waals surface area contributed by atoms with Crippen LogP contribution in [-0.4, -0.2) is 33.2 Å². The number of carbonyl (C=O) groups is 1. The fourth-order valence-electron chi connectivity index (χ4n) is 4.78. The summed E-state index contributed by atoms with van der Waals surface area (Å²) in [4.78, 5) is 15.1. The van der Waals surface area contributed by atoms with Crippen LogP contribution in [0.1, 0.15) is 68.3 Å². The largest absolute Gasteiger partial charge is 0.339 e. The van der Waals surface area contributed by atoms with Gasteiger partial charge in [-0.05, 0) is 57.4 Å². The Labute approximate surface area is 151 Å². The first-order chi connectivity index (χ1) is 12.1. The third-order valence-corrected chi connectivity index (χ3v) is 6.12. The number of nitriles is 1. The lowest BCUT2D eigenvalue weighted by molar-refractivity contribution is -0.137. The number of aromatic nitrogens is 2. The Bertz CT molecular complexity index is 655. The maximum Gasteiger partial charge on any atom is 0.223 e. The van der Waals surface area contributed by atoms with Crippen molar-refractivity contribution in [3.8, 4) is 6.07 Å². The number of likely N-dealkylation sites (tertiary alicyclic amines) is 1. The van der Waals surface area contributed by atoms with Gasteiger partial charge in [-0.1, -0.05) is 12.8 Å². The molecule has 3 rings (SSSR count). The molecule has 2 atom stereocenters. The summed E-state index contributed by atoms with van der Waals surface area (Å²) < 4.78 is 1.91. The molecule has 5 heteroatoms. The van der Waals surface area contributed by atoms with Crippen molar-refractivity contribution in [3.05, 3.63) is 17.0 Å². The van der Waals surface area contributed by atoms with Crippen LogP contribution in [0, 0.1) is 31.1 Å². The summed E-state index contributed by atoms with van der Waals surface area (Å²) in [5.74, 6) is 1.06. The van der Waals surface area contributed by atoms with E-state index in [2.05, 4.69) is 23.0 Å². The van der Waals surface area contributed by atoms with Gasteiger partial charge in [-0.2, -0.15) is 10.4 Å². The highest BCUT2D eigenvalue weighted by atomic mass is 16.2. The number of hydrogen-bond donors (Lipinski definition) is 0. The third kappa shape index (κ3) is 3.89. The van der Waals surface area contributed by atoms with Crippen molar-refractivity contribution < 1.29 is 4.79 Å². The first-order valence-electron chi connectivity index (χ1n) is 9.81. The first-order valence-corrected chi connectivity index (χ1v) is 9.81. The molecule has 1 aliphatic heterocycles. The Balaban J connectivity index is 1.62. The van der Waals surface area contributed by atoms with E-state index in [-0.39, 0.29) is 0 Å². The molecule has 136 valence electrons. The molecule has 2 heterocycles. The van der Waals surface area contributed by atoms with Crippen LogP contribution in [0.2, 0.25) is 0 Å². The summed E-state index contributed by atoms with van der Waals surface area (Å²) in [6.45, 7) is 5.63. The van der Waals surface area contributed by atoms with Crippen LogP contribution < -0.4 is 0 Å². The fourth-order valence-corrected chi connectivity index (χ4v) is 4.78. The van der Waals surface area contributed by atoms with Crippen LogP contribution in [0.15, 0.2) is 0 Å². The molecule has 0 spiro atoms. The normalized spacial score (nSPS) is 23.2. The summed E-state index contributed by atoms with van der Waals surface area (Å²) in [6, 6.07) is 2.67. The second-order valence-electron chi connectivity index (χ2n) is 7.62. The van der Waals surface area contributed by atoms with Crippen molar-refractivity contribution in [2.75, 3.05) is 6.54 Å². The molecule has 0 radical (unpaired) electrons. The monoisotopic (exact) mass is 342 g/mol. The summed E-state index contributed by atoms with van der Waals surface area (Å²) in [6.07, 6.45) is 9.38. The van der Waals surface area contributed by atoms with E-state index in [9.17, 15) is 4.79 Å². The Morgan fingerprint density at radius 3 is 2.80 bits per heavy atom. The van der Waals surface area contributed by atoms with Crippen molar-refractivity contribution >= 4 is 5.91 Å². The topological polar surface area (TPSA) is 61.9 Å². The Hall–Kier alpha value is -1.83. The molecule has 0 N–H and O–H groups in total. The van der Waals surface area contributed by atoms with E-state index in [1.54, 1.807) is 0 Å². The predicted molar refractivity (Wildman–Crippen MR) is 96.9 cm³/mol. The molecule has 1 saturated heterocycles. The van der Waals surface area contributed by atoms with Gasteiger partial charge < -0.3 is 4.90 Å². The molecule has 1 aromatic rings. The SMILES string of the molecule is Cc1nn(CCC#N)c(C)c1CCC(=O)N1CCCC2CCCCC21. The van der Waals surface area contributed by atoms with E-state index < -0.39 is 0 Å². The van der Waals surface area contributed by atoms with Crippen LogP contribution in [0.3, 0.4) is 0 Å². The minimum absolute atomic E-state index is 0.320. The molecule has 1 saturated carbocycles. The van der Waals surface area contributed by atoms with Gasteiger partial charge in [0, 0.05) is 24.7 Å². The van der Waals surface area contributed by atoms with Gasteiger partial charge in [0.25, 0.3) is 0 Å². The summed E-state index contributed by atoms with van der Waals surface area (Å²) >= 11 is 0. The van der Waals surface area contributed by atoms with Gasteiger partial charge in [-0.3, -0.25) is 9.48 Å². The van der Waals surface area contributed by atoms with Gasteiger partial charge in [-0.15, -0.1) is 0 Å². The zero-order valence-corrected chi connectivity index (χ0v) is 15.6. The highest BCUT2D eigenvalue weighted by molar-refractivity contribution is 5.77. The van der Waals surface area contributed by atoms with Crippen LogP contribution in [0.25, 0.3) is 0 Å². The molecule has 0 bridgehead atoms. The highest BCUT2D eigenvalue weighted by Crippen LogP contribution is 2.35. The van der Waals surface area contributed by atoms with Gasteiger partial charge in [0.05, 0.1) is 24.7 Å². The number of fused-ring (bicyclic) bond motifs is 1. The van der Waals surface area contributed by atoms with Gasteiger partial charge in [0.1, 0.15) is 0 Å². The van der Waals surface area contributed by atoms with Crippen molar-refractivity contribution in [3.63, 3.8) is 0 Å². The molecule has 5 nitrogen and oxygen atoms in total. The Kier molecular flexibility index (Phi) is 5.78. The highest BCUT2D eigenvalue weighted by Gasteiger charge is 2.35. The molecular formula is C20H30N4O. The van der Waals surface area contributed by atoms with Crippen LogP contribution in [-0.2, 0) is 17.8 Å². The summed E-state index contributed by atoms with van der Waals surface area (Å²) in [7, 11) is 0. The minimum Gasteiger partial charge on any atom is -0.339 e. The maximum absolute atomic E-state index is 12.9. The minimum atomic E-state index is 0.320. The fraction of sp³-hybridized carbons (Fsp3) is 0.750. The molecular weight excluding hydrogens is 312 g/mol. The number of hydrogen-bond acceptors (Lipinski definition) is 3. The van der Waals surface area contributed by atoms with Crippen molar-refractivity contribution in [2.45, 2.75) is 84.2 Å². The van der Waals surface area contributed by atoms with Crippen LogP contribution in [0.5, 0.6) is 0 Å². The lowest BCUT2D eigenvalue weighted by atomic mass is 9.78. The van der Waals surface area contributed by atoms with Crippen molar-refractivity contribution in [1.82, 2.24) is 14.7 Å². The van der Waals surface area contributed by atoms with Gasteiger partial charge in [0.15, 0.2) is 0 Å². The molecule has 25 heavy (non-hydrogen) atoms. The lowest BCUT2D eigenvalue weighted by Gasteiger charge is -2.44. The van der Waals surface area contributed by atoms with E-state index in [1.807, 2.05) is 11.6 Å². The average molecular weight is 342 g/mol. The number of piperidine rings is 1. The molecule has 2 aliphatic rings. The maximum atomic E-state index is 12.9. The van der Waals surface area contributed by atoms with Gasteiger partial charge >= 0.3 is 0 Å². The van der Waals surface area contributed by atoms with Crippen molar-refractivity contribution in [2.24, 2.45) is 5.92 Å². The van der Waals surface area contributed by atoms with E-state index in [1.165, 1.54) is 37.7 Å². The molecule has 1 aliphatic carbocycles. The van der Waals surface area contributed by atoms with Crippen LogP contribution >= 0.6 is 0 Å². The lowest BCUT2D eigenvalue weighted by Crippen LogP contribution is -2.49. The zero-order chi connectivity index (χ0) is 17.8. The van der Waals surface area contributed by atoms with Crippen LogP contribution in [0.4, 0.5) is 0 Å². The second-order valence-corrected chi connectivity index (χ2v) is 7.62. The van der Waals surface area contributed by atoms with E-state index in [4.69, 9.17) is 5.26 Å². The molecule has 1 aromatic heterocycles.